The average molecular weight is 265 g/mol. The predicted octanol–water partition coefficient (Wildman–Crippen LogP) is 4.42. The maximum atomic E-state index is 3.41. The van der Waals surface area contributed by atoms with Crippen molar-refractivity contribution in [2.45, 2.75) is 32.2 Å². The van der Waals surface area contributed by atoms with Crippen LogP contribution in [0.1, 0.15) is 41.4 Å². The molecule has 0 fully saturated rings. The highest BCUT2D eigenvalue weighted by Crippen LogP contribution is 2.35. The molecule has 1 N–H and O–H groups in total. The van der Waals surface area contributed by atoms with E-state index in [1.54, 1.807) is 0 Å². The van der Waals surface area contributed by atoms with Gasteiger partial charge in [-0.25, -0.2) is 0 Å². The van der Waals surface area contributed by atoms with Crippen LogP contribution in [0.15, 0.2) is 29.6 Å². The third kappa shape index (κ3) is 2.79. The van der Waals surface area contributed by atoms with E-state index in [0.29, 0.717) is 6.04 Å². The molecule has 1 nitrogen and oxygen atoms in total. The van der Waals surface area contributed by atoms with E-state index in [2.05, 4.69) is 55.7 Å². The highest BCUT2D eigenvalue weighted by molar-refractivity contribution is 7.13. The molecule has 0 amide bonds. The third-order valence-corrected chi connectivity index (χ3v) is 5.28. The van der Waals surface area contributed by atoms with Gasteiger partial charge in [0, 0.05) is 14.6 Å². The second-order valence-electron chi connectivity index (χ2n) is 5.19. The summed E-state index contributed by atoms with van der Waals surface area (Å²) in [6.45, 7) is 6.80. The van der Waals surface area contributed by atoms with Crippen molar-refractivity contribution in [3.8, 4) is 0 Å². The number of thiophene rings is 2. The minimum Gasteiger partial charge on any atom is -0.308 e. The fraction of sp³-hybridized carbons (Fsp3) is 0.429. The molecule has 0 saturated heterocycles. The van der Waals surface area contributed by atoms with Crippen LogP contribution in [-0.4, -0.2) is 7.05 Å². The largest absolute Gasteiger partial charge is 0.308 e. The lowest BCUT2D eigenvalue weighted by atomic mass is 9.95. The molecule has 1 atom stereocenters. The van der Waals surface area contributed by atoms with Crippen molar-refractivity contribution in [3.05, 3.63) is 44.3 Å². The number of rotatable bonds is 3. The molecule has 1 unspecified atom stereocenters. The summed E-state index contributed by atoms with van der Waals surface area (Å²) in [4.78, 5) is 4.24. The van der Waals surface area contributed by atoms with Crippen LogP contribution in [0, 0.1) is 0 Å². The topological polar surface area (TPSA) is 12.0 Å². The maximum absolute atomic E-state index is 3.41. The number of hydrogen-bond acceptors (Lipinski definition) is 3. The van der Waals surface area contributed by atoms with Gasteiger partial charge in [-0.3, -0.25) is 0 Å². The van der Waals surface area contributed by atoms with E-state index in [0.717, 1.165) is 0 Å². The van der Waals surface area contributed by atoms with Crippen molar-refractivity contribution in [2.75, 3.05) is 7.05 Å². The lowest BCUT2D eigenvalue weighted by Gasteiger charge is -2.16. The number of nitrogens with one attached hydrogen (secondary N) is 1. The van der Waals surface area contributed by atoms with Gasteiger partial charge in [0.1, 0.15) is 0 Å². The monoisotopic (exact) mass is 265 g/mol. The molecule has 0 saturated carbocycles. The van der Waals surface area contributed by atoms with Crippen LogP contribution in [0.2, 0.25) is 0 Å². The Morgan fingerprint density at radius 1 is 1.12 bits per heavy atom. The molecule has 2 aromatic heterocycles. The Morgan fingerprint density at radius 2 is 1.88 bits per heavy atom. The molecule has 0 radical (unpaired) electrons. The fourth-order valence-electron chi connectivity index (χ4n) is 1.79. The van der Waals surface area contributed by atoms with Gasteiger partial charge in [-0.15, -0.1) is 22.7 Å². The predicted molar refractivity (Wildman–Crippen MR) is 78.2 cm³/mol. The zero-order chi connectivity index (χ0) is 12.5. The minimum absolute atomic E-state index is 0.247. The van der Waals surface area contributed by atoms with Crippen LogP contribution in [0.5, 0.6) is 0 Å². The van der Waals surface area contributed by atoms with Crippen molar-refractivity contribution in [1.29, 1.82) is 0 Å². The molecular formula is C14H19NS2. The van der Waals surface area contributed by atoms with E-state index in [4.69, 9.17) is 0 Å². The molecule has 0 aliphatic rings. The first-order valence-corrected chi connectivity index (χ1v) is 7.53. The van der Waals surface area contributed by atoms with E-state index in [-0.39, 0.29) is 5.41 Å². The van der Waals surface area contributed by atoms with E-state index in [9.17, 15) is 0 Å². The summed E-state index contributed by atoms with van der Waals surface area (Å²) in [5.41, 5.74) is 0.247. The van der Waals surface area contributed by atoms with Gasteiger partial charge >= 0.3 is 0 Å². The Bertz CT molecular complexity index is 463. The normalized spacial score (nSPS) is 13.9. The maximum Gasteiger partial charge on any atom is 0.0762 e. The molecule has 3 heteroatoms. The molecule has 0 spiro atoms. The van der Waals surface area contributed by atoms with Crippen molar-refractivity contribution < 1.29 is 0 Å². The molecule has 0 aliphatic heterocycles. The lowest BCUT2D eigenvalue weighted by Crippen LogP contribution is -2.15. The van der Waals surface area contributed by atoms with Gasteiger partial charge in [-0.05, 0) is 36.0 Å². The first kappa shape index (κ1) is 12.8. The summed E-state index contributed by atoms with van der Waals surface area (Å²) in [5.74, 6) is 0. The third-order valence-electron chi connectivity index (χ3n) is 2.77. The second-order valence-corrected chi connectivity index (χ2v) is 7.28. The van der Waals surface area contributed by atoms with Crippen molar-refractivity contribution in [2.24, 2.45) is 0 Å². The molecule has 2 rings (SSSR count). The van der Waals surface area contributed by atoms with Gasteiger partial charge < -0.3 is 5.32 Å². The zero-order valence-electron chi connectivity index (χ0n) is 10.8. The van der Waals surface area contributed by atoms with E-state index < -0.39 is 0 Å². The average Bonchev–Trinajstić information content (AvgIpc) is 2.87. The molecule has 0 aliphatic carbocycles. The van der Waals surface area contributed by atoms with Crippen molar-refractivity contribution in [1.82, 2.24) is 5.32 Å². The van der Waals surface area contributed by atoms with Gasteiger partial charge in [-0.2, -0.15) is 0 Å². The summed E-state index contributed by atoms with van der Waals surface area (Å²) in [5, 5.41) is 5.54. The fourth-order valence-corrected chi connectivity index (χ4v) is 3.91. The standard InChI is InChI=1S/C14H19NS2/c1-14(2,3)12-8-7-11(17-12)13(15-4)10-6-5-9-16-10/h5-9,13,15H,1-4H3. The van der Waals surface area contributed by atoms with Crippen LogP contribution in [0.4, 0.5) is 0 Å². The van der Waals surface area contributed by atoms with Crippen LogP contribution >= 0.6 is 22.7 Å². The Kier molecular flexibility index (Phi) is 3.71. The SMILES string of the molecule is CNC(c1cccs1)c1ccc(C(C)(C)C)s1. The molecule has 17 heavy (non-hydrogen) atoms. The summed E-state index contributed by atoms with van der Waals surface area (Å²) < 4.78 is 0. The summed E-state index contributed by atoms with van der Waals surface area (Å²) >= 11 is 3.73. The molecule has 0 aromatic carbocycles. The summed E-state index contributed by atoms with van der Waals surface area (Å²) in [7, 11) is 2.03. The number of hydrogen-bond donors (Lipinski definition) is 1. The van der Waals surface area contributed by atoms with Gasteiger partial charge in [0.25, 0.3) is 0 Å². The van der Waals surface area contributed by atoms with E-state index in [1.807, 2.05) is 29.7 Å². The van der Waals surface area contributed by atoms with Gasteiger partial charge in [0.2, 0.25) is 0 Å². The first-order chi connectivity index (χ1) is 8.02. The Balaban J connectivity index is 2.30. The Hall–Kier alpha value is -0.640. The smallest absolute Gasteiger partial charge is 0.0762 e. The van der Waals surface area contributed by atoms with Gasteiger partial charge in [-0.1, -0.05) is 26.8 Å². The van der Waals surface area contributed by atoms with Crippen molar-refractivity contribution >= 4 is 22.7 Å². The van der Waals surface area contributed by atoms with Crippen LogP contribution in [0.3, 0.4) is 0 Å². The van der Waals surface area contributed by atoms with E-state index in [1.165, 1.54) is 14.6 Å². The molecule has 2 heterocycles. The second kappa shape index (κ2) is 4.92. The summed E-state index contributed by atoms with van der Waals surface area (Å²) in [6.07, 6.45) is 0. The molecular weight excluding hydrogens is 246 g/mol. The van der Waals surface area contributed by atoms with Crippen LogP contribution in [-0.2, 0) is 5.41 Å². The van der Waals surface area contributed by atoms with Crippen LogP contribution < -0.4 is 5.32 Å². The van der Waals surface area contributed by atoms with Gasteiger partial charge in [0.15, 0.2) is 0 Å². The molecule has 92 valence electrons. The lowest BCUT2D eigenvalue weighted by molar-refractivity contribution is 0.604. The van der Waals surface area contributed by atoms with Crippen LogP contribution in [0.25, 0.3) is 0 Å². The van der Waals surface area contributed by atoms with Gasteiger partial charge in [0.05, 0.1) is 6.04 Å². The quantitative estimate of drug-likeness (QED) is 0.866. The first-order valence-electron chi connectivity index (χ1n) is 5.83. The minimum atomic E-state index is 0.247. The highest BCUT2D eigenvalue weighted by Gasteiger charge is 2.20. The Labute approximate surface area is 112 Å². The van der Waals surface area contributed by atoms with E-state index >= 15 is 0 Å². The van der Waals surface area contributed by atoms with Crippen molar-refractivity contribution in [3.63, 3.8) is 0 Å². The Morgan fingerprint density at radius 3 is 2.35 bits per heavy atom. The summed E-state index contributed by atoms with van der Waals surface area (Å²) in [6, 6.07) is 9.17. The zero-order valence-corrected chi connectivity index (χ0v) is 12.4. The molecule has 2 aromatic rings. The highest BCUT2D eigenvalue weighted by atomic mass is 32.1. The molecule has 0 bridgehead atoms.